The molecule has 0 spiro atoms. The summed E-state index contributed by atoms with van der Waals surface area (Å²) in [5, 5.41) is 11.6. The minimum absolute atomic E-state index is 0.0848. The van der Waals surface area contributed by atoms with Gasteiger partial charge in [0, 0.05) is 13.1 Å². The van der Waals surface area contributed by atoms with Crippen molar-refractivity contribution in [1.82, 2.24) is 20.1 Å². The molecule has 1 aliphatic heterocycles. The first-order valence-electron chi connectivity index (χ1n) is 6.70. The van der Waals surface area contributed by atoms with Gasteiger partial charge in [0.15, 0.2) is 11.6 Å². The van der Waals surface area contributed by atoms with Gasteiger partial charge < -0.3 is 9.88 Å². The third-order valence-electron chi connectivity index (χ3n) is 3.59. The summed E-state index contributed by atoms with van der Waals surface area (Å²) >= 11 is 0. The number of benzene rings is 1. The largest absolute Gasteiger partial charge is 0.308 e. The number of rotatable bonds is 2. The highest BCUT2D eigenvalue weighted by Gasteiger charge is 2.28. The van der Waals surface area contributed by atoms with E-state index in [2.05, 4.69) is 29.4 Å². The molecule has 1 aliphatic rings. The second-order valence-corrected chi connectivity index (χ2v) is 5.33. The van der Waals surface area contributed by atoms with E-state index in [1.165, 1.54) is 6.07 Å². The van der Waals surface area contributed by atoms with E-state index >= 15 is 0 Å². The van der Waals surface area contributed by atoms with Crippen LogP contribution in [0.4, 0.5) is 8.78 Å². The summed E-state index contributed by atoms with van der Waals surface area (Å²) in [4.78, 5) is 0. The summed E-state index contributed by atoms with van der Waals surface area (Å²) in [6.45, 7) is 5.59. The Balaban J connectivity index is 2.11. The van der Waals surface area contributed by atoms with Crippen molar-refractivity contribution in [2.75, 3.05) is 6.54 Å². The molecule has 0 fully saturated rings. The molecule has 106 valence electrons. The summed E-state index contributed by atoms with van der Waals surface area (Å²) in [7, 11) is 0. The minimum atomic E-state index is -0.485. The maximum absolute atomic E-state index is 13.9. The molecule has 1 aromatic carbocycles. The molecule has 4 nitrogen and oxygen atoms in total. The molecule has 6 heteroatoms. The van der Waals surface area contributed by atoms with E-state index in [4.69, 9.17) is 0 Å². The highest BCUT2D eigenvalue weighted by molar-refractivity contribution is 5.56. The molecule has 1 unspecified atom stereocenters. The van der Waals surface area contributed by atoms with Crippen LogP contribution in [-0.2, 0) is 6.54 Å². The van der Waals surface area contributed by atoms with Crippen LogP contribution in [0.3, 0.4) is 0 Å². The van der Waals surface area contributed by atoms with Gasteiger partial charge in [0.2, 0.25) is 0 Å². The second-order valence-electron chi connectivity index (χ2n) is 5.33. The molecular formula is C14H16F2N4. The summed E-state index contributed by atoms with van der Waals surface area (Å²) in [5.74, 6) is 0.562. The molecule has 2 aromatic rings. The van der Waals surface area contributed by atoms with Gasteiger partial charge in [-0.05, 0) is 24.1 Å². The molecule has 20 heavy (non-hydrogen) atoms. The smallest absolute Gasteiger partial charge is 0.167 e. The average Bonchev–Trinajstić information content (AvgIpc) is 2.85. The normalized spacial score (nSPS) is 18.4. The fourth-order valence-corrected chi connectivity index (χ4v) is 2.59. The van der Waals surface area contributed by atoms with Gasteiger partial charge in [-0.3, -0.25) is 0 Å². The quantitative estimate of drug-likeness (QED) is 0.918. The van der Waals surface area contributed by atoms with Crippen molar-refractivity contribution in [1.29, 1.82) is 0 Å². The van der Waals surface area contributed by atoms with Crippen LogP contribution in [0.1, 0.15) is 25.7 Å². The number of hydrogen-bond acceptors (Lipinski definition) is 3. The van der Waals surface area contributed by atoms with Crippen LogP contribution in [0.2, 0.25) is 0 Å². The molecular weight excluding hydrogens is 262 g/mol. The van der Waals surface area contributed by atoms with Gasteiger partial charge in [-0.1, -0.05) is 13.8 Å². The van der Waals surface area contributed by atoms with Gasteiger partial charge in [-0.15, -0.1) is 10.2 Å². The zero-order valence-corrected chi connectivity index (χ0v) is 11.4. The first-order valence-corrected chi connectivity index (χ1v) is 6.70. The predicted molar refractivity (Wildman–Crippen MR) is 71.0 cm³/mol. The van der Waals surface area contributed by atoms with E-state index in [0.717, 1.165) is 24.5 Å². The Morgan fingerprint density at radius 3 is 2.85 bits per heavy atom. The Labute approximate surface area is 115 Å². The fraction of sp³-hybridized carbons (Fsp3) is 0.429. The molecule has 3 rings (SSSR count). The standard InChI is InChI=1S/C14H16F2N4/c1-8(2)12-14-19-18-13(20(14)6-5-17-12)10-7-9(15)3-4-11(10)16/h3-4,7-8,12,17H,5-6H2,1-2H3. The lowest BCUT2D eigenvalue weighted by Gasteiger charge is -2.27. The number of halogens is 2. The number of nitrogens with one attached hydrogen (secondary N) is 1. The second kappa shape index (κ2) is 4.94. The first-order chi connectivity index (χ1) is 9.58. The molecule has 0 amide bonds. The van der Waals surface area contributed by atoms with Crippen molar-refractivity contribution in [2.24, 2.45) is 5.92 Å². The van der Waals surface area contributed by atoms with Gasteiger partial charge in [0.1, 0.15) is 11.6 Å². The Hall–Kier alpha value is -1.82. The van der Waals surface area contributed by atoms with Crippen LogP contribution in [0.5, 0.6) is 0 Å². The van der Waals surface area contributed by atoms with E-state index < -0.39 is 11.6 Å². The van der Waals surface area contributed by atoms with Gasteiger partial charge >= 0.3 is 0 Å². The zero-order chi connectivity index (χ0) is 14.3. The van der Waals surface area contributed by atoms with Crippen LogP contribution >= 0.6 is 0 Å². The lowest BCUT2D eigenvalue weighted by molar-refractivity contribution is 0.339. The van der Waals surface area contributed by atoms with Gasteiger partial charge in [-0.2, -0.15) is 0 Å². The van der Waals surface area contributed by atoms with Crippen LogP contribution < -0.4 is 5.32 Å². The van der Waals surface area contributed by atoms with E-state index in [-0.39, 0.29) is 11.6 Å². The highest BCUT2D eigenvalue weighted by atomic mass is 19.1. The van der Waals surface area contributed by atoms with E-state index in [1.807, 2.05) is 4.57 Å². The molecule has 0 aliphatic carbocycles. The Morgan fingerprint density at radius 1 is 1.30 bits per heavy atom. The summed E-state index contributed by atoms with van der Waals surface area (Å²) < 4.78 is 29.1. The van der Waals surface area contributed by atoms with Crippen LogP contribution in [0.25, 0.3) is 11.4 Å². The topological polar surface area (TPSA) is 42.7 Å². The molecule has 0 saturated carbocycles. The SMILES string of the molecule is CC(C)C1NCCn2c(-c3cc(F)ccc3F)nnc21. The Kier molecular flexibility index (Phi) is 3.25. The van der Waals surface area contributed by atoms with Crippen LogP contribution in [-0.4, -0.2) is 21.3 Å². The molecule has 1 atom stereocenters. The van der Waals surface area contributed by atoms with Crippen molar-refractivity contribution in [3.8, 4) is 11.4 Å². The maximum atomic E-state index is 13.9. The molecule has 0 radical (unpaired) electrons. The van der Waals surface area contributed by atoms with E-state index in [1.54, 1.807) is 0 Å². The summed E-state index contributed by atoms with van der Waals surface area (Å²) in [6.07, 6.45) is 0. The summed E-state index contributed by atoms with van der Waals surface area (Å²) in [5.41, 5.74) is 0.160. The van der Waals surface area contributed by atoms with Crippen molar-refractivity contribution >= 4 is 0 Å². The molecule has 1 N–H and O–H groups in total. The van der Waals surface area contributed by atoms with Crippen LogP contribution in [0.15, 0.2) is 18.2 Å². The lowest BCUT2D eigenvalue weighted by Crippen LogP contribution is -2.36. The van der Waals surface area contributed by atoms with Gasteiger partial charge in [0.25, 0.3) is 0 Å². The van der Waals surface area contributed by atoms with Crippen molar-refractivity contribution in [3.63, 3.8) is 0 Å². The van der Waals surface area contributed by atoms with E-state index in [9.17, 15) is 8.78 Å². The number of fused-ring (bicyclic) bond motifs is 1. The highest BCUT2D eigenvalue weighted by Crippen LogP contribution is 2.29. The predicted octanol–water partition coefficient (Wildman–Crippen LogP) is 2.52. The lowest BCUT2D eigenvalue weighted by atomic mass is 10.0. The van der Waals surface area contributed by atoms with Crippen LogP contribution in [0, 0.1) is 17.6 Å². The number of hydrogen-bond donors (Lipinski definition) is 1. The zero-order valence-electron chi connectivity index (χ0n) is 11.4. The Bertz CT molecular complexity index is 636. The van der Waals surface area contributed by atoms with E-state index in [0.29, 0.717) is 18.3 Å². The van der Waals surface area contributed by atoms with Crippen molar-refractivity contribution in [3.05, 3.63) is 35.7 Å². The third kappa shape index (κ3) is 2.10. The molecule has 0 saturated heterocycles. The summed E-state index contributed by atoms with van der Waals surface area (Å²) in [6, 6.07) is 3.47. The maximum Gasteiger partial charge on any atom is 0.167 e. The Morgan fingerprint density at radius 2 is 2.10 bits per heavy atom. The molecule has 2 heterocycles. The van der Waals surface area contributed by atoms with Crippen molar-refractivity contribution < 1.29 is 8.78 Å². The molecule has 1 aromatic heterocycles. The average molecular weight is 278 g/mol. The first kappa shape index (κ1) is 13.2. The molecule has 0 bridgehead atoms. The van der Waals surface area contributed by atoms with Gasteiger partial charge in [0.05, 0.1) is 11.6 Å². The number of nitrogens with zero attached hydrogens (tertiary/aromatic N) is 3. The monoisotopic (exact) mass is 278 g/mol. The fourth-order valence-electron chi connectivity index (χ4n) is 2.59. The minimum Gasteiger partial charge on any atom is -0.308 e. The number of aromatic nitrogens is 3. The van der Waals surface area contributed by atoms with Gasteiger partial charge in [-0.25, -0.2) is 8.78 Å². The third-order valence-corrected chi connectivity index (χ3v) is 3.59. The van der Waals surface area contributed by atoms with Crippen molar-refractivity contribution in [2.45, 2.75) is 26.4 Å².